The van der Waals surface area contributed by atoms with Gasteiger partial charge in [-0.3, -0.25) is 9.59 Å². The molecular weight excluding hydrogens is 242 g/mol. The number of rotatable bonds is 5. The average Bonchev–Trinajstić information content (AvgIpc) is 3.10. The molecule has 0 radical (unpaired) electrons. The molecule has 19 heavy (non-hydrogen) atoms. The lowest BCUT2D eigenvalue weighted by molar-refractivity contribution is -0.130. The maximum atomic E-state index is 12.2. The van der Waals surface area contributed by atoms with Crippen LogP contribution in [0.25, 0.3) is 0 Å². The average molecular weight is 267 g/mol. The highest BCUT2D eigenvalue weighted by atomic mass is 16.2. The second-order valence-corrected chi connectivity index (χ2v) is 5.56. The van der Waals surface area contributed by atoms with Crippen LogP contribution in [0.4, 0.5) is 0 Å². The first-order chi connectivity index (χ1) is 9.18. The zero-order chi connectivity index (χ0) is 13.7. The fourth-order valence-electron chi connectivity index (χ4n) is 3.04. The lowest BCUT2D eigenvalue weighted by Gasteiger charge is -2.26. The maximum absolute atomic E-state index is 12.2. The standard InChI is InChI=1S/C14H25N3O2/c1-2-14(7-5-8-16-14)13(19)15-9-6-12(18)17-10-3-4-11-17/h16H,2-11H2,1H3,(H,15,19). The van der Waals surface area contributed by atoms with Gasteiger partial charge in [0.15, 0.2) is 0 Å². The number of carbonyl (C=O) groups is 2. The van der Waals surface area contributed by atoms with Gasteiger partial charge in [0.25, 0.3) is 0 Å². The van der Waals surface area contributed by atoms with Gasteiger partial charge in [-0.2, -0.15) is 0 Å². The smallest absolute Gasteiger partial charge is 0.240 e. The Morgan fingerprint density at radius 2 is 2.00 bits per heavy atom. The first kappa shape index (κ1) is 14.3. The fourth-order valence-corrected chi connectivity index (χ4v) is 3.04. The highest BCUT2D eigenvalue weighted by Gasteiger charge is 2.38. The summed E-state index contributed by atoms with van der Waals surface area (Å²) < 4.78 is 0. The summed E-state index contributed by atoms with van der Waals surface area (Å²) in [5, 5.41) is 6.23. The van der Waals surface area contributed by atoms with Gasteiger partial charge in [0.1, 0.15) is 0 Å². The summed E-state index contributed by atoms with van der Waals surface area (Å²) in [7, 11) is 0. The van der Waals surface area contributed by atoms with Gasteiger partial charge in [0.2, 0.25) is 11.8 Å². The molecule has 0 spiro atoms. The molecule has 2 aliphatic heterocycles. The van der Waals surface area contributed by atoms with Gasteiger partial charge in [-0.15, -0.1) is 0 Å². The summed E-state index contributed by atoms with van der Waals surface area (Å²) in [5.41, 5.74) is -0.392. The first-order valence-corrected chi connectivity index (χ1v) is 7.49. The van der Waals surface area contributed by atoms with Gasteiger partial charge in [0.05, 0.1) is 5.54 Å². The highest BCUT2D eigenvalue weighted by Crippen LogP contribution is 2.22. The summed E-state index contributed by atoms with van der Waals surface area (Å²) in [5.74, 6) is 0.226. The normalized spacial score (nSPS) is 26.7. The zero-order valence-corrected chi connectivity index (χ0v) is 11.8. The topological polar surface area (TPSA) is 61.4 Å². The van der Waals surface area contributed by atoms with Crippen molar-refractivity contribution >= 4 is 11.8 Å². The van der Waals surface area contributed by atoms with Crippen molar-refractivity contribution in [3.8, 4) is 0 Å². The molecule has 2 amide bonds. The third kappa shape index (κ3) is 3.26. The molecule has 1 atom stereocenters. The van der Waals surface area contributed by atoms with Crippen molar-refractivity contribution in [1.82, 2.24) is 15.5 Å². The molecule has 0 aromatic rings. The summed E-state index contributed by atoms with van der Waals surface area (Å²) in [4.78, 5) is 26.0. The van der Waals surface area contributed by atoms with E-state index in [1.165, 1.54) is 0 Å². The molecule has 0 aromatic heterocycles. The summed E-state index contributed by atoms with van der Waals surface area (Å²) >= 11 is 0. The van der Waals surface area contributed by atoms with Gasteiger partial charge < -0.3 is 15.5 Å². The number of likely N-dealkylation sites (tertiary alicyclic amines) is 1. The second-order valence-electron chi connectivity index (χ2n) is 5.56. The van der Waals surface area contributed by atoms with Crippen molar-refractivity contribution in [3.05, 3.63) is 0 Å². The molecule has 0 aliphatic carbocycles. The largest absolute Gasteiger partial charge is 0.354 e. The molecule has 1 unspecified atom stereocenters. The van der Waals surface area contributed by atoms with Crippen LogP contribution in [0.15, 0.2) is 0 Å². The molecule has 0 aromatic carbocycles. The minimum absolute atomic E-state index is 0.0571. The molecule has 2 saturated heterocycles. The van der Waals surface area contributed by atoms with E-state index in [1.807, 2.05) is 11.8 Å². The van der Waals surface area contributed by atoms with E-state index in [9.17, 15) is 9.59 Å². The van der Waals surface area contributed by atoms with Crippen LogP contribution in [0.3, 0.4) is 0 Å². The fraction of sp³-hybridized carbons (Fsp3) is 0.857. The second kappa shape index (κ2) is 6.37. The van der Waals surface area contributed by atoms with E-state index >= 15 is 0 Å². The van der Waals surface area contributed by atoms with E-state index in [2.05, 4.69) is 10.6 Å². The molecule has 5 nitrogen and oxygen atoms in total. The Bertz CT molecular complexity index is 332. The monoisotopic (exact) mass is 267 g/mol. The Morgan fingerprint density at radius 1 is 1.26 bits per heavy atom. The van der Waals surface area contributed by atoms with Crippen molar-refractivity contribution in [1.29, 1.82) is 0 Å². The molecule has 5 heteroatoms. The Labute approximate surface area is 115 Å². The molecule has 2 heterocycles. The Hall–Kier alpha value is -1.10. The van der Waals surface area contributed by atoms with Crippen LogP contribution in [0.5, 0.6) is 0 Å². The van der Waals surface area contributed by atoms with Crippen LogP contribution in [0.2, 0.25) is 0 Å². The lowest BCUT2D eigenvalue weighted by atomic mass is 9.93. The Balaban J connectivity index is 1.72. The highest BCUT2D eigenvalue weighted by molar-refractivity contribution is 5.87. The van der Waals surface area contributed by atoms with Crippen LogP contribution in [0, 0.1) is 0 Å². The predicted molar refractivity (Wildman–Crippen MR) is 73.7 cm³/mol. The van der Waals surface area contributed by atoms with Crippen LogP contribution < -0.4 is 10.6 Å². The summed E-state index contributed by atoms with van der Waals surface area (Å²) in [6.07, 6.45) is 5.40. The SMILES string of the molecule is CCC1(C(=O)NCCC(=O)N2CCCC2)CCCN1. The van der Waals surface area contributed by atoms with Gasteiger partial charge in [0, 0.05) is 26.1 Å². The number of nitrogens with one attached hydrogen (secondary N) is 2. The van der Waals surface area contributed by atoms with Crippen LogP contribution in [-0.2, 0) is 9.59 Å². The molecule has 0 saturated carbocycles. The van der Waals surface area contributed by atoms with Gasteiger partial charge >= 0.3 is 0 Å². The van der Waals surface area contributed by atoms with Crippen molar-refractivity contribution in [2.75, 3.05) is 26.2 Å². The first-order valence-electron chi connectivity index (χ1n) is 7.49. The maximum Gasteiger partial charge on any atom is 0.240 e. The predicted octanol–water partition coefficient (Wildman–Crippen LogP) is 0.647. The molecule has 2 aliphatic rings. The van der Waals surface area contributed by atoms with E-state index in [1.54, 1.807) is 0 Å². The van der Waals surface area contributed by atoms with E-state index in [4.69, 9.17) is 0 Å². The van der Waals surface area contributed by atoms with Crippen molar-refractivity contribution in [2.24, 2.45) is 0 Å². The van der Waals surface area contributed by atoms with E-state index in [0.717, 1.165) is 51.7 Å². The molecular formula is C14H25N3O2. The number of amides is 2. The van der Waals surface area contributed by atoms with Crippen LogP contribution in [-0.4, -0.2) is 48.4 Å². The number of hydrogen-bond acceptors (Lipinski definition) is 3. The van der Waals surface area contributed by atoms with E-state index in [0.29, 0.717) is 13.0 Å². The molecule has 2 fully saturated rings. The van der Waals surface area contributed by atoms with Crippen molar-refractivity contribution < 1.29 is 9.59 Å². The van der Waals surface area contributed by atoms with Gasteiger partial charge in [-0.05, 0) is 38.6 Å². The number of carbonyl (C=O) groups excluding carboxylic acids is 2. The molecule has 108 valence electrons. The van der Waals surface area contributed by atoms with Gasteiger partial charge in [-0.1, -0.05) is 6.92 Å². The Kier molecular flexibility index (Phi) is 4.80. The minimum atomic E-state index is -0.392. The minimum Gasteiger partial charge on any atom is -0.354 e. The summed E-state index contributed by atoms with van der Waals surface area (Å²) in [6.45, 7) is 5.17. The Morgan fingerprint density at radius 3 is 2.58 bits per heavy atom. The van der Waals surface area contributed by atoms with Crippen molar-refractivity contribution in [3.63, 3.8) is 0 Å². The van der Waals surface area contributed by atoms with Crippen molar-refractivity contribution in [2.45, 2.75) is 51.0 Å². The van der Waals surface area contributed by atoms with Crippen LogP contribution >= 0.6 is 0 Å². The lowest BCUT2D eigenvalue weighted by Crippen LogP contribution is -2.53. The molecule has 2 rings (SSSR count). The quantitative estimate of drug-likeness (QED) is 0.769. The van der Waals surface area contributed by atoms with E-state index in [-0.39, 0.29) is 11.8 Å². The molecule has 2 N–H and O–H groups in total. The zero-order valence-electron chi connectivity index (χ0n) is 11.8. The van der Waals surface area contributed by atoms with E-state index < -0.39 is 5.54 Å². The third-order valence-corrected chi connectivity index (χ3v) is 4.37. The molecule has 0 bridgehead atoms. The van der Waals surface area contributed by atoms with Crippen LogP contribution in [0.1, 0.15) is 45.4 Å². The number of hydrogen-bond donors (Lipinski definition) is 2. The number of nitrogens with zero attached hydrogens (tertiary/aromatic N) is 1. The summed E-state index contributed by atoms with van der Waals surface area (Å²) in [6, 6.07) is 0. The third-order valence-electron chi connectivity index (χ3n) is 4.37. The van der Waals surface area contributed by atoms with Gasteiger partial charge in [-0.25, -0.2) is 0 Å².